The van der Waals surface area contributed by atoms with Crippen LogP contribution in [0.15, 0.2) is 91.0 Å². The van der Waals surface area contributed by atoms with Gasteiger partial charge in [-0.05, 0) is 0 Å². The van der Waals surface area contributed by atoms with E-state index in [1.807, 2.05) is 0 Å². The molecular weight excluding hydrogens is 321 g/mol. The largest absolute Gasteiger partial charge is 0.344 e. The second kappa shape index (κ2) is 7.95. The molecule has 25 heavy (non-hydrogen) atoms. The van der Waals surface area contributed by atoms with E-state index in [2.05, 4.69) is 105 Å². The van der Waals surface area contributed by atoms with Crippen LogP contribution in [0.3, 0.4) is 0 Å². The van der Waals surface area contributed by atoms with Crippen molar-refractivity contribution in [1.29, 1.82) is 0 Å². The molecule has 0 aliphatic carbocycles. The average Bonchev–Trinajstić information content (AvgIpc) is 2.69. The molecule has 3 aromatic carbocycles. The molecule has 0 aliphatic heterocycles. The van der Waals surface area contributed by atoms with E-state index in [-0.39, 0.29) is 6.15 Å². The van der Waals surface area contributed by atoms with Gasteiger partial charge in [0.15, 0.2) is 0 Å². The molecule has 0 saturated carbocycles. The molecule has 132 valence electrons. The van der Waals surface area contributed by atoms with Crippen LogP contribution in [0.4, 0.5) is 0 Å². The van der Waals surface area contributed by atoms with Crippen LogP contribution < -0.4 is 16.8 Å². The van der Waals surface area contributed by atoms with E-state index in [1.54, 1.807) is 10.6 Å². The Labute approximate surface area is 152 Å². The van der Waals surface area contributed by atoms with E-state index in [9.17, 15) is 0 Å². The summed E-state index contributed by atoms with van der Waals surface area (Å²) in [7, 11) is 0. The molecule has 0 unspecified atom stereocenters. The fourth-order valence-electron chi connectivity index (χ4n) is 4.17. The van der Waals surface area contributed by atoms with Gasteiger partial charge in [0.2, 0.25) is 0 Å². The molecule has 2 heteroatoms. The minimum atomic E-state index is -2.29. The molecule has 0 spiro atoms. The third-order valence-electron chi connectivity index (χ3n) is 5.80. The Morgan fingerprint density at radius 2 is 0.920 bits per heavy atom. The van der Waals surface area contributed by atoms with Crippen molar-refractivity contribution in [2.75, 3.05) is 12.3 Å². The van der Waals surface area contributed by atoms with E-state index in [0.29, 0.717) is 0 Å². The van der Waals surface area contributed by atoms with E-state index in [0.717, 1.165) is 6.16 Å². The fraction of sp³-hybridized carbons (Fsp3) is 0.217. The fourth-order valence-corrected chi connectivity index (χ4v) is 10.2. The number of hydrogen-bond acceptors (Lipinski definition) is 1. The van der Waals surface area contributed by atoms with Crippen molar-refractivity contribution in [2.24, 2.45) is 0 Å². The van der Waals surface area contributed by atoms with Crippen LogP contribution in [-0.4, -0.2) is 12.3 Å². The molecule has 0 radical (unpaired) electrons. The van der Waals surface area contributed by atoms with Gasteiger partial charge >= 0.3 is 146 Å². The van der Waals surface area contributed by atoms with Crippen LogP contribution in [0.25, 0.3) is 0 Å². The first-order valence-corrected chi connectivity index (χ1v) is 11.7. The molecule has 0 amide bonds. The summed E-state index contributed by atoms with van der Waals surface area (Å²) in [4.78, 5) is 0. The Morgan fingerprint density at radius 3 is 1.28 bits per heavy atom. The van der Waals surface area contributed by atoms with Crippen molar-refractivity contribution in [3.8, 4) is 0 Å². The predicted molar refractivity (Wildman–Crippen MR) is 115 cm³/mol. The van der Waals surface area contributed by atoms with E-state index in [1.165, 1.54) is 17.9 Å². The topological polar surface area (TPSA) is 35.0 Å². The van der Waals surface area contributed by atoms with Crippen LogP contribution in [0, 0.1) is 0 Å². The Balaban J connectivity index is 0.00000225. The first-order valence-electron chi connectivity index (χ1n) is 8.90. The Bertz CT molecular complexity index is 721. The molecule has 0 saturated heterocycles. The Morgan fingerprint density at radius 1 is 0.560 bits per heavy atom. The van der Waals surface area contributed by atoms with E-state index < -0.39 is 6.60 Å². The van der Waals surface area contributed by atoms with Gasteiger partial charge in [0.25, 0.3) is 0 Å². The summed E-state index contributed by atoms with van der Waals surface area (Å²) in [5, 5.41) is 3.09. The number of hydrogen-bond donors (Lipinski definition) is 1. The van der Waals surface area contributed by atoms with Gasteiger partial charge in [-0.3, -0.25) is 0 Å². The number of benzene rings is 3. The van der Waals surface area contributed by atoms with Crippen LogP contribution in [-0.2, 0) is 6.16 Å². The van der Waals surface area contributed by atoms with Crippen molar-refractivity contribution in [1.82, 2.24) is 6.15 Å². The van der Waals surface area contributed by atoms with E-state index in [4.69, 9.17) is 0 Å². The van der Waals surface area contributed by atoms with Gasteiger partial charge in [0, 0.05) is 0 Å². The Hall–Kier alpha value is -1.95. The van der Waals surface area contributed by atoms with Crippen LogP contribution in [0.1, 0.15) is 19.4 Å². The molecule has 0 fully saturated rings. The molecule has 1 nitrogen and oxygen atoms in total. The van der Waals surface area contributed by atoms with Crippen molar-refractivity contribution >= 4 is 17.2 Å². The zero-order valence-corrected chi connectivity index (χ0v) is 16.3. The third-order valence-corrected chi connectivity index (χ3v) is 13.3. The first-order chi connectivity index (χ1) is 11.7. The minimum Gasteiger partial charge on any atom is -0.344 e. The van der Waals surface area contributed by atoms with Crippen molar-refractivity contribution in [3.63, 3.8) is 0 Å². The van der Waals surface area contributed by atoms with Gasteiger partial charge in [-0.25, -0.2) is 0 Å². The van der Waals surface area contributed by atoms with Gasteiger partial charge in [0.05, 0.1) is 0 Å². The standard InChI is InChI=1S/C23H27P.H3N/c1-3-24(4-2,22-16-10-6-11-17-22,23-18-12-7-13-19-23)20-21-14-8-5-9-15-21;/h5-19H,3-4,20H2,1-2H3;1H3. The monoisotopic (exact) mass is 351 g/mol. The van der Waals surface area contributed by atoms with Crippen molar-refractivity contribution < 1.29 is 0 Å². The summed E-state index contributed by atoms with van der Waals surface area (Å²) in [5.41, 5.74) is 1.45. The van der Waals surface area contributed by atoms with Gasteiger partial charge in [-0.2, -0.15) is 0 Å². The summed E-state index contributed by atoms with van der Waals surface area (Å²) < 4.78 is 0. The summed E-state index contributed by atoms with van der Waals surface area (Å²) >= 11 is 0. The first kappa shape index (κ1) is 19.4. The molecule has 3 aromatic rings. The second-order valence-corrected chi connectivity index (χ2v) is 12.8. The summed E-state index contributed by atoms with van der Waals surface area (Å²) in [6.07, 6.45) is 3.55. The summed E-state index contributed by atoms with van der Waals surface area (Å²) in [6.45, 7) is 2.50. The molecule has 3 N–H and O–H groups in total. The second-order valence-electron chi connectivity index (χ2n) is 6.68. The zero-order valence-electron chi connectivity index (χ0n) is 15.4. The van der Waals surface area contributed by atoms with Crippen molar-refractivity contribution in [2.45, 2.75) is 20.0 Å². The number of rotatable bonds is 6. The molecule has 0 heterocycles. The summed E-state index contributed by atoms with van der Waals surface area (Å²) in [5.74, 6) is 0. The van der Waals surface area contributed by atoms with Crippen molar-refractivity contribution in [3.05, 3.63) is 96.6 Å². The zero-order chi connectivity index (χ0) is 16.9. The molecular formula is C23H30NP. The quantitative estimate of drug-likeness (QED) is 0.577. The maximum absolute atomic E-state index is 2.39. The Kier molecular flexibility index (Phi) is 6.16. The molecule has 3 rings (SSSR count). The average molecular weight is 351 g/mol. The third kappa shape index (κ3) is 3.27. The van der Waals surface area contributed by atoms with Gasteiger partial charge in [-0.15, -0.1) is 0 Å². The minimum absolute atomic E-state index is 0. The summed E-state index contributed by atoms with van der Waals surface area (Å²) in [6, 6.07) is 33.6. The predicted octanol–water partition coefficient (Wildman–Crippen LogP) is 5.59. The SMILES string of the molecule is CCP(CC)(Cc1ccccc1)(c1ccccc1)c1ccccc1.N. The molecule has 0 atom stereocenters. The maximum atomic E-state index is 2.39. The van der Waals surface area contributed by atoms with Gasteiger partial charge < -0.3 is 6.15 Å². The molecule has 0 bridgehead atoms. The van der Waals surface area contributed by atoms with Crippen LogP contribution in [0.2, 0.25) is 0 Å². The molecule has 0 aliphatic rings. The molecule has 0 aromatic heterocycles. The van der Waals surface area contributed by atoms with E-state index >= 15 is 0 Å². The normalized spacial score (nSPS) is 12.6. The van der Waals surface area contributed by atoms with Crippen LogP contribution in [0.5, 0.6) is 0 Å². The maximum Gasteiger partial charge on any atom is -0.344 e. The van der Waals surface area contributed by atoms with Gasteiger partial charge in [0.1, 0.15) is 0 Å². The smallest absolute Gasteiger partial charge is 0.344 e. The van der Waals surface area contributed by atoms with Crippen LogP contribution >= 0.6 is 6.60 Å². The van der Waals surface area contributed by atoms with Gasteiger partial charge in [-0.1, -0.05) is 0 Å².